The van der Waals surface area contributed by atoms with Gasteiger partial charge in [-0.2, -0.15) is 0 Å². The van der Waals surface area contributed by atoms with Crippen LogP contribution in [0.15, 0.2) is 22.9 Å². The van der Waals surface area contributed by atoms with Crippen molar-refractivity contribution in [1.82, 2.24) is 15.1 Å². The molecule has 0 fully saturated rings. The smallest absolute Gasteiger partial charge is 0.158 e. The van der Waals surface area contributed by atoms with Crippen LogP contribution in [-0.2, 0) is 17.9 Å². The predicted molar refractivity (Wildman–Crippen MR) is 61.0 cm³/mol. The second-order valence-electron chi connectivity index (χ2n) is 3.36. The zero-order valence-electron chi connectivity index (χ0n) is 9.38. The van der Waals surface area contributed by atoms with E-state index in [0.29, 0.717) is 30.6 Å². The van der Waals surface area contributed by atoms with E-state index in [4.69, 9.17) is 15.0 Å². The minimum atomic E-state index is 0.321. The lowest BCUT2D eigenvalue weighted by molar-refractivity contribution is 0.178. The number of methoxy groups -OCH3 is 1. The normalized spacial score (nSPS) is 10.4. The maximum absolute atomic E-state index is 5.66. The van der Waals surface area contributed by atoms with E-state index >= 15 is 0 Å². The van der Waals surface area contributed by atoms with Gasteiger partial charge in [-0.15, -0.1) is 0 Å². The van der Waals surface area contributed by atoms with E-state index in [1.165, 1.54) is 0 Å². The third kappa shape index (κ3) is 3.15. The first-order valence-corrected chi connectivity index (χ1v) is 5.03. The van der Waals surface area contributed by atoms with E-state index in [1.807, 2.05) is 0 Å². The van der Waals surface area contributed by atoms with Crippen molar-refractivity contribution in [3.05, 3.63) is 29.9 Å². The summed E-state index contributed by atoms with van der Waals surface area (Å²) in [5, 5.41) is 6.67. The first-order chi connectivity index (χ1) is 8.28. The highest BCUT2D eigenvalue weighted by atomic mass is 16.5. The van der Waals surface area contributed by atoms with Crippen LogP contribution in [0.4, 0.5) is 11.6 Å². The SMILES string of the molecule is COCc1nc(N)cc(NCc2ccno2)n1. The number of nitrogens with zero attached hydrogens (tertiary/aromatic N) is 3. The van der Waals surface area contributed by atoms with Crippen molar-refractivity contribution in [1.29, 1.82) is 0 Å². The Kier molecular flexibility index (Phi) is 3.51. The van der Waals surface area contributed by atoms with Crippen molar-refractivity contribution >= 4 is 11.6 Å². The summed E-state index contributed by atoms with van der Waals surface area (Å²) < 4.78 is 9.90. The Labute approximate surface area is 98.0 Å². The third-order valence-electron chi connectivity index (χ3n) is 2.00. The van der Waals surface area contributed by atoms with Gasteiger partial charge < -0.3 is 20.3 Å². The number of hydrogen-bond acceptors (Lipinski definition) is 7. The van der Waals surface area contributed by atoms with Crippen molar-refractivity contribution in [3.8, 4) is 0 Å². The van der Waals surface area contributed by atoms with E-state index in [9.17, 15) is 0 Å². The van der Waals surface area contributed by atoms with Gasteiger partial charge in [0.05, 0.1) is 12.7 Å². The van der Waals surface area contributed by atoms with Gasteiger partial charge in [0.25, 0.3) is 0 Å². The van der Waals surface area contributed by atoms with E-state index in [2.05, 4.69) is 20.4 Å². The standard InChI is InChI=1S/C10H13N5O2/c1-16-6-10-14-8(11)4-9(15-10)12-5-7-2-3-13-17-7/h2-4H,5-6H2,1H3,(H3,11,12,14,15). The molecule has 0 aliphatic heterocycles. The summed E-state index contributed by atoms with van der Waals surface area (Å²) in [6.45, 7) is 0.810. The van der Waals surface area contributed by atoms with Crippen molar-refractivity contribution in [2.45, 2.75) is 13.2 Å². The summed E-state index contributed by atoms with van der Waals surface area (Å²) in [7, 11) is 1.58. The maximum Gasteiger partial charge on any atom is 0.158 e. The average Bonchev–Trinajstić information content (AvgIpc) is 2.79. The number of anilines is 2. The highest BCUT2D eigenvalue weighted by molar-refractivity contribution is 5.44. The number of nitrogen functional groups attached to an aromatic ring is 1. The van der Waals surface area contributed by atoms with Gasteiger partial charge in [-0.05, 0) is 0 Å². The summed E-state index contributed by atoms with van der Waals surface area (Å²) in [6, 6.07) is 3.42. The summed E-state index contributed by atoms with van der Waals surface area (Å²) >= 11 is 0. The molecule has 0 bridgehead atoms. The predicted octanol–water partition coefficient (Wildman–Crippen LogP) is 0.805. The molecule has 0 radical (unpaired) electrons. The molecule has 2 aromatic heterocycles. The van der Waals surface area contributed by atoms with Gasteiger partial charge in [0.2, 0.25) is 0 Å². The van der Waals surface area contributed by atoms with Gasteiger partial charge >= 0.3 is 0 Å². The van der Waals surface area contributed by atoms with Crippen LogP contribution in [0.5, 0.6) is 0 Å². The molecule has 0 atom stereocenters. The molecule has 0 saturated heterocycles. The molecule has 90 valence electrons. The van der Waals surface area contributed by atoms with Gasteiger partial charge in [-0.25, -0.2) is 9.97 Å². The molecule has 3 N–H and O–H groups in total. The molecule has 7 heteroatoms. The topological polar surface area (TPSA) is 99.1 Å². The Hall–Kier alpha value is -2.15. The quantitative estimate of drug-likeness (QED) is 0.790. The molecule has 0 unspecified atom stereocenters. The Morgan fingerprint density at radius 2 is 2.35 bits per heavy atom. The average molecular weight is 235 g/mol. The number of ether oxygens (including phenoxy) is 1. The van der Waals surface area contributed by atoms with Gasteiger partial charge in [-0.1, -0.05) is 5.16 Å². The zero-order chi connectivity index (χ0) is 12.1. The molecule has 0 spiro atoms. The molecule has 2 aromatic rings. The van der Waals surface area contributed by atoms with E-state index in [0.717, 1.165) is 5.76 Å². The lowest BCUT2D eigenvalue weighted by atomic mass is 10.4. The molecule has 0 aromatic carbocycles. The number of nitrogens with two attached hydrogens (primary N) is 1. The molecule has 0 aliphatic rings. The lowest BCUT2D eigenvalue weighted by Gasteiger charge is -2.06. The van der Waals surface area contributed by atoms with Crippen LogP contribution in [-0.4, -0.2) is 22.2 Å². The van der Waals surface area contributed by atoms with Crippen LogP contribution in [0.1, 0.15) is 11.6 Å². The number of rotatable bonds is 5. The van der Waals surface area contributed by atoms with Crippen LogP contribution in [0.2, 0.25) is 0 Å². The molecule has 0 aliphatic carbocycles. The van der Waals surface area contributed by atoms with Gasteiger partial charge in [-0.3, -0.25) is 0 Å². The van der Waals surface area contributed by atoms with Crippen LogP contribution in [0.25, 0.3) is 0 Å². The summed E-state index contributed by atoms with van der Waals surface area (Å²) in [6.07, 6.45) is 1.59. The van der Waals surface area contributed by atoms with E-state index in [1.54, 1.807) is 25.4 Å². The fraction of sp³-hybridized carbons (Fsp3) is 0.300. The van der Waals surface area contributed by atoms with Crippen LogP contribution in [0.3, 0.4) is 0 Å². The Bertz CT molecular complexity index is 472. The lowest BCUT2D eigenvalue weighted by Crippen LogP contribution is -2.06. The molecular weight excluding hydrogens is 222 g/mol. The molecule has 17 heavy (non-hydrogen) atoms. The summed E-state index contributed by atoms with van der Waals surface area (Å²) in [5.41, 5.74) is 5.66. The first-order valence-electron chi connectivity index (χ1n) is 5.03. The molecule has 0 amide bonds. The van der Waals surface area contributed by atoms with Gasteiger partial charge in [0, 0.05) is 19.2 Å². The Balaban J connectivity index is 2.04. The van der Waals surface area contributed by atoms with Crippen molar-refractivity contribution in [2.75, 3.05) is 18.2 Å². The van der Waals surface area contributed by atoms with Crippen molar-refractivity contribution in [2.24, 2.45) is 0 Å². The molecule has 0 saturated carbocycles. The largest absolute Gasteiger partial charge is 0.384 e. The third-order valence-corrected chi connectivity index (χ3v) is 2.00. The second kappa shape index (κ2) is 5.26. The van der Waals surface area contributed by atoms with E-state index < -0.39 is 0 Å². The van der Waals surface area contributed by atoms with Gasteiger partial charge in [0.1, 0.15) is 18.2 Å². The first kappa shape index (κ1) is 11.3. The second-order valence-corrected chi connectivity index (χ2v) is 3.36. The fourth-order valence-electron chi connectivity index (χ4n) is 1.31. The van der Waals surface area contributed by atoms with Crippen molar-refractivity contribution in [3.63, 3.8) is 0 Å². The fourth-order valence-corrected chi connectivity index (χ4v) is 1.31. The Morgan fingerprint density at radius 1 is 1.47 bits per heavy atom. The molecule has 7 nitrogen and oxygen atoms in total. The minimum Gasteiger partial charge on any atom is -0.384 e. The number of aromatic nitrogens is 3. The van der Waals surface area contributed by atoms with Crippen LogP contribution >= 0.6 is 0 Å². The molecule has 2 heterocycles. The zero-order valence-corrected chi connectivity index (χ0v) is 9.38. The molecule has 2 rings (SSSR count). The maximum atomic E-state index is 5.66. The summed E-state index contributed by atoms with van der Waals surface area (Å²) in [5.74, 6) is 2.27. The van der Waals surface area contributed by atoms with Crippen LogP contribution in [0, 0.1) is 0 Å². The number of nitrogens with one attached hydrogen (secondary N) is 1. The minimum absolute atomic E-state index is 0.321. The van der Waals surface area contributed by atoms with E-state index in [-0.39, 0.29) is 0 Å². The summed E-state index contributed by atoms with van der Waals surface area (Å²) in [4.78, 5) is 8.27. The van der Waals surface area contributed by atoms with Crippen molar-refractivity contribution < 1.29 is 9.26 Å². The highest BCUT2D eigenvalue weighted by Crippen LogP contribution is 2.10. The highest BCUT2D eigenvalue weighted by Gasteiger charge is 2.03. The Morgan fingerprint density at radius 3 is 3.06 bits per heavy atom. The molecular formula is C10H13N5O2. The van der Waals surface area contributed by atoms with Gasteiger partial charge in [0.15, 0.2) is 11.6 Å². The monoisotopic (exact) mass is 235 g/mol. The van der Waals surface area contributed by atoms with Crippen LogP contribution < -0.4 is 11.1 Å². The number of hydrogen-bond donors (Lipinski definition) is 2.